The van der Waals surface area contributed by atoms with E-state index in [1.54, 1.807) is 12.5 Å². The van der Waals surface area contributed by atoms with Crippen LogP contribution in [0.3, 0.4) is 0 Å². The Morgan fingerprint density at radius 1 is 0.962 bits per heavy atom. The minimum absolute atomic E-state index is 0.0978. The molecule has 0 bridgehead atoms. The molecule has 26 heavy (non-hydrogen) atoms. The average molecular weight is 352 g/mol. The molecule has 0 saturated heterocycles. The molecule has 0 atom stereocenters. The highest BCUT2D eigenvalue weighted by Gasteiger charge is 2.26. The van der Waals surface area contributed by atoms with Crippen LogP contribution in [-0.2, 0) is 0 Å². The highest BCUT2D eigenvalue weighted by atomic mass is 16.5. The maximum absolute atomic E-state index is 11.6. The number of carbonyl (C=O) groups excluding carboxylic acids is 1. The zero-order valence-corrected chi connectivity index (χ0v) is 13.6. The number of carbonyl (C=O) groups is 1. The lowest BCUT2D eigenvalue weighted by atomic mass is 9.90. The van der Waals surface area contributed by atoms with Crippen LogP contribution < -0.4 is 5.48 Å². The van der Waals surface area contributed by atoms with Gasteiger partial charge in [0.1, 0.15) is 11.2 Å². The minimum atomic E-state index is -1.02. The van der Waals surface area contributed by atoms with Crippen molar-refractivity contribution in [2.24, 2.45) is 0 Å². The van der Waals surface area contributed by atoms with Crippen LogP contribution in [0.15, 0.2) is 69.9 Å². The Balaban J connectivity index is 1.85. The van der Waals surface area contributed by atoms with E-state index in [1.165, 1.54) is 5.48 Å². The van der Waals surface area contributed by atoms with Crippen molar-refractivity contribution < 1.29 is 24.0 Å². The largest absolute Gasteiger partial charge is 0.464 e. The quantitative estimate of drug-likeness (QED) is 0.379. The Hall–Kier alpha value is -3.29. The van der Waals surface area contributed by atoms with Gasteiger partial charge in [-0.3, -0.25) is 10.4 Å². The fourth-order valence-electron chi connectivity index (χ4n) is 3.21. The van der Waals surface area contributed by atoms with Gasteiger partial charge in [0, 0.05) is 27.8 Å². The molecule has 2 aromatic carbocycles. The van der Waals surface area contributed by atoms with E-state index in [1.807, 2.05) is 48.5 Å². The summed E-state index contributed by atoms with van der Waals surface area (Å²) in [5.41, 5.74) is 4.44. The number of urea groups is 1. The molecule has 4 rings (SSSR count). The summed E-state index contributed by atoms with van der Waals surface area (Å²) < 4.78 is 11.3. The van der Waals surface area contributed by atoms with E-state index in [0.29, 0.717) is 16.2 Å². The molecule has 4 aromatic rings. The van der Waals surface area contributed by atoms with E-state index in [2.05, 4.69) is 0 Å². The van der Waals surface area contributed by atoms with Gasteiger partial charge < -0.3 is 8.83 Å². The summed E-state index contributed by atoms with van der Waals surface area (Å²) in [6.45, 7) is -0.0978. The van der Waals surface area contributed by atoms with E-state index in [9.17, 15) is 10.0 Å². The molecule has 2 aromatic heterocycles. The number of rotatable bonds is 4. The Kier molecular flexibility index (Phi) is 4.08. The SMILES string of the molecule is O=C(NO)N(O)CC(c1coc2ccccc12)c1coc2ccccc12. The molecule has 0 radical (unpaired) electrons. The van der Waals surface area contributed by atoms with Gasteiger partial charge >= 0.3 is 6.03 Å². The minimum Gasteiger partial charge on any atom is -0.464 e. The molecule has 0 aliphatic carbocycles. The van der Waals surface area contributed by atoms with Gasteiger partial charge in [-0.1, -0.05) is 36.4 Å². The second-order valence-electron chi connectivity index (χ2n) is 5.93. The zero-order valence-electron chi connectivity index (χ0n) is 13.6. The summed E-state index contributed by atoms with van der Waals surface area (Å²) in [4.78, 5) is 11.6. The maximum atomic E-state index is 11.6. The van der Waals surface area contributed by atoms with E-state index in [-0.39, 0.29) is 6.54 Å². The summed E-state index contributed by atoms with van der Waals surface area (Å²) in [7, 11) is 0. The number of furan rings is 2. The standard InChI is InChI=1S/C19H16N2O5/c22-19(20-23)21(24)9-14(15-10-25-17-7-3-1-5-12(15)17)16-11-26-18-8-4-2-6-13(16)18/h1-8,10-11,14,23-24H,9H2,(H,20,22). The summed E-state index contributed by atoms with van der Waals surface area (Å²) >= 11 is 0. The molecule has 2 amide bonds. The van der Waals surface area contributed by atoms with E-state index >= 15 is 0 Å². The normalized spacial score (nSPS) is 11.3. The Morgan fingerprint density at radius 3 is 1.96 bits per heavy atom. The number of fused-ring (bicyclic) bond motifs is 2. The monoisotopic (exact) mass is 352 g/mol. The smallest absolute Gasteiger partial charge is 0.364 e. The second-order valence-corrected chi connectivity index (χ2v) is 5.93. The van der Waals surface area contributed by atoms with E-state index < -0.39 is 11.9 Å². The third kappa shape index (κ3) is 2.69. The summed E-state index contributed by atoms with van der Waals surface area (Å²) in [5, 5.41) is 21.0. The van der Waals surface area contributed by atoms with Crippen LogP contribution >= 0.6 is 0 Å². The fraction of sp³-hybridized carbons (Fsp3) is 0.105. The van der Waals surface area contributed by atoms with Crippen LogP contribution in [0.1, 0.15) is 17.0 Å². The van der Waals surface area contributed by atoms with Crippen LogP contribution in [0.5, 0.6) is 0 Å². The molecule has 0 saturated carbocycles. The number of benzene rings is 2. The molecule has 0 aliphatic heterocycles. The lowest BCUT2D eigenvalue weighted by Crippen LogP contribution is -2.38. The number of hydrogen-bond acceptors (Lipinski definition) is 5. The van der Waals surface area contributed by atoms with Gasteiger partial charge in [0.2, 0.25) is 0 Å². The second kappa shape index (κ2) is 6.55. The van der Waals surface area contributed by atoms with Crippen LogP contribution in [0, 0.1) is 0 Å². The molecular formula is C19H16N2O5. The first kappa shape index (κ1) is 16.2. The summed E-state index contributed by atoms with van der Waals surface area (Å²) in [5.74, 6) is -0.426. The molecule has 2 heterocycles. The fourth-order valence-corrected chi connectivity index (χ4v) is 3.21. The van der Waals surface area contributed by atoms with Crippen molar-refractivity contribution in [1.82, 2.24) is 10.5 Å². The lowest BCUT2D eigenvalue weighted by Gasteiger charge is -2.21. The Labute approximate surface area is 148 Å². The van der Waals surface area contributed by atoms with Crippen LogP contribution in [0.25, 0.3) is 21.9 Å². The zero-order chi connectivity index (χ0) is 18.1. The van der Waals surface area contributed by atoms with Crippen molar-refractivity contribution in [1.29, 1.82) is 0 Å². The van der Waals surface area contributed by atoms with Crippen molar-refractivity contribution in [2.45, 2.75) is 5.92 Å². The third-order valence-corrected chi connectivity index (χ3v) is 4.46. The van der Waals surface area contributed by atoms with Gasteiger partial charge in [-0.2, -0.15) is 0 Å². The van der Waals surface area contributed by atoms with Crippen molar-refractivity contribution in [3.05, 3.63) is 72.2 Å². The van der Waals surface area contributed by atoms with Gasteiger partial charge in [0.05, 0.1) is 19.1 Å². The molecule has 3 N–H and O–H groups in total. The van der Waals surface area contributed by atoms with Gasteiger partial charge in [0.25, 0.3) is 0 Å². The number of nitrogens with one attached hydrogen (secondary N) is 1. The van der Waals surface area contributed by atoms with Crippen molar-refractivity contribution in [3.8, 4) is 0 Å². The van der Waals surface area contributed by atoms with Crippen LogP contribution in [0.2, 0.25) is 0 Å². The van der Waals surface area contributed by atoms with Crippen molar-refractivity contribution in [3.63, 3.8) is 0 Å². The number of nitrogens with zero attached hydrogens (tertiary/aromatic N) is 1. The van der Waals surface area contributed by atoms with Crippen LogP contribution in [0.4, 0.5) is 4.79 Å². The highest BCUT2D eigenvalue weighted by molar-refractivity contribution is 5.86. The van der Waals surface area contributed by atoms with Crippen molar-refractivity contribution >= 4 is 28.0 Å². The molecule has 0 spiro atoms. The predicted octanol–water partition coefficient (Wildman–Crippen LogP) is 4.10. The predicted molar refractivity (Wildman–Crippen MR) is 93.1 cm³/mol. The number of para-hydroxylation sites is 2. The number of hydrogen-bond donors (Lipinski definition) is 3. The molecule has 7 heteroatoms. The van der Waals surface area contributed by atoms with E-state index in [4.69, 9.17) is 14.0 Å². The molecular weight excluding hydrogens is 336 g/mol. The topological polar surface area (TPSA) is 99.1 Å². The molecule has 0 fully saturated rings. The highest BCUT2D eigenvalue weighted by Crippen LogP contribution is 2.37. The first-order valence-corrected chi connectivity index (χ1v) is 8.01. The van der Waals surface area contributed by atoms with Gasteiger partial charge in [-0.15, -0.1) is 0 Å². The van der Waals surface area contributed by atoms with Crippen LogP contribution in [-0.4, -0.2) is 28.1 Å². The van der Waals surface area contributed by atoms with Crippen molar-refractivity contribution in [2.75, 3.05) is 6.54 Å². The number of amides is 2. The lowest BCUT2D eigenvalue weighted by molar-refractivity contribution is -0.0571. The molecule has 7 nitrogen and oxygen atoms in total. The average Bonchev–Trinajstić information content (AvgIpc) is 3.30. The molecule has 0 unspecified atom stereocenters. The van der Waals surface area contributed by atoms with Gasteiger partial charge in [-0.05, 0) is 12.1 Å². The first-order chi connectivity index (χ1) is 12.7. The molecule has 132 valence electrons. The summed E-state index contributed by atoms with van der Waals surface area (Å²) in [6, 6.07) is 14.0. The Morgan fingerprint density at radius 2 is 1.46 bits per heavy atom. The first-order valence-electron chi connectivity index (χ1n) is 8.01. The van der Waals surface area contributed by atoms with E-state index in [0.717, 1.165) is 21.9 Å². The summed E-state index contributed by atoms with van der Waals surface area (Å²) in [6.07, 6.45) is 3.23. The maximum Gasteiger partial charge on any atom is 0.364 e. The Bertz CT molecular complexity index is 994. The molecule has 0 aliphatic rings. The van der Waals surface area contributed by atoms with Gasteiger partial charge in [-0.25, -0.2) is 15.3 Å². The third-order valence-electron chi connectivity index (χ3n) is 4.46. The van der Waals surface area contributed by atoms with Gasteiger partial charge in [0.15, 0.2) is 0 Å². The number of hydroxylamine groups is 3.